The Kier molecular flexibility index (Phi) is 17.0. The fourth-order valence-corrected chi connectivity index (χ4v) is 7.71. The Balaban J connectivity index is 0.00000642. The van der Waals surface area contributed by atoms with E-state index in [1.807, 2.05) is 72.8 Å². The average Bonchev–Trinajstić information content (AvgIpc) is 4.10. The molecule has 0 amide bonds. The molecule has 21 heteroatoms. The molecule has 354 valence electrons. The predicted octanol–water partition coefficient (Wildman–Crippen LogP) is 3.68. The summed E-state index contributed by atoms with van der Waals surface area (Å²) in [4.78, 5) is 40.6. The maximum atomic E-state index is 9.25. The first-order chi connectivity index (χ1) is 33.6. The van der Waals surface area contributed by atoms with Crippen molar-refractivity contribution in [1.29, 1.82) is 0 Å². The minimum absolute atomic E-state index is 0. The van der Waals surface area contributed by atoms with Crippen LogP contribution in [0.15, 0.2) is 72.8 Å². The van der Waals surface area contributed by atoms with Gasteiger partial charge in [0.15, 0.2) is 0 Å². The van der Waals surface area contributed by atoms with Crippen LogP contribution in [0.1, 0.15) is 0 Å². The Morgan fingerprint density at radius 2 is 0.681 bits per heavy atom. The summed E-state index contributed by atoms with van der Waals surface area (Å²) in [6.07, 6.45) is 0. The number of hydrogen-bond acceptors (Lipinski definition) is 18. The normalized spacial score (nSPS) is 11.7. The van der Waals surface area contributed by atoms with Crippen LogP contribution in [0.2, 0.25) is 0 Å². The monoisotopic (exact) mass is 992 g/mol. The molecule has 0 fully saturated rings. The van der Waals surface area contributed by atoms with Crippen molar-refractivity contribution >= 4 is 44.1 Å². The fraction of sp³-hybridized carbons (Fsp3) is 0.333. The van der Waals surface area contributed by atoms with Crippen molar-refractivity contribution in [2.75, 3.05) is 106 Å². The van der Waals surface area contributed by atoms with Gasteiger partial charge in [0, 0.05) is 44.5 Å². The molecule has 0 radical (unpaired) electrons. The van der Waals surface area contributed by atoms with Crippen LogP contribution in [0.25, 0.3) is 89.7 Å². The number of ether oxygens (including phenoxy) is 8. The van der Waals surface area contributed by atoms with Crippen LogP contribution < -0.4 is 28.9 Å². The molecule has 2 aliphatic heterocycles. The van der Waals surface area contributed by atoms with Crippen LogP contribution in [0.4, 0.5) is 0 Å². The first-order valence-corrected chi connectivity index (χ1v) is 22.1. The van der Waals surface area contributed by atoms with Gasteiger partial charge >= 0.3 is 19.5 Å². The van der Waals surface area contributed by atoms with Gasteiger partial charge in [0.05, 0.1) is 114 Å². The third-order valence-electron chi connectivity index (χ3n) is 10.5. The summed E-state index contributed by atoms with van der Waals surface area (Å²) >= 11 is 0. The first kappa shape index (κ1) is 49.2. The van der Waals surface area contributed by atoms with Crippen LogP contribution in [0, 0.1) is 0 Å². The Bertz CT molecular complexity index is 2840. The third-order valence-corrected chi connectivity index (χ3v) is 10.5. The second kappa shape index (κ2) is 23.8. The SMILES string of the molecule is OCCOCCOc1cccc2c1-c1nc-2nc2[n-]c(nc3nc(nc4[n-]c(n1)c1cccc(OCCOCCO)c41)-c1cccc(OCCOCCO)c1-3)c1cccc(OCCOCCO)c21.[Zn+2]. The number of fused-ring (bicyclic) bond motifs is 20. The van der Waals surface area contributed by atoms with Crippen molar-refractivity contribution in [2.45, 2.75) is 0 Å². The van der Waals surface area contributed by atoms with Crippen molar-refractivity contribution in [3.63, 3.8) is 0 Å². The average molecular weight is 994 g/mol. The topological polar surface area (TPSA) is 260 Å². The van der Waals surface area contributed by atoms with Gasteiger partial charge in [-0.1, -0.05) is 48.5 Å². The van der Waals surface area contributed by atoms with Gasteiger partial charge in [0.1, 0.15) is 49.4 Å². The molecule has 2 aliphatic rings. The summed E-state index contributed by atoms with van der Waals surface area (Å²) in [5, 5.41) is 39.3. The van der Waals surface area contributed by atoms with Crippen LogP contribution >= 0.6 is 0 Å². The minimum atomic E-state index is -0.115. The van der Waals surface area contributed by atoms with Gasteiger partial charge in [-0.2, -0.15) is 0 Å². The van der Waals surface area contributed by atoms with E-state index in [0.717, 1.165) is 0 Å². The maximum Gasteiger partial charge on any atom is 2.00 e. The summed E-state index contributed by atoms with van der Waals surface area (Å²) in [5.74, 6) is 2.95. The van der Waals surface area contributed by atoms with E-state index in [4.69, 9.17) is 77.8 Å². The van der Waals surface area contributed by atoms with Gasteiger partial charge in [0.25, 0.3) is 0 Å². The quantitative estimate of drug-likeness (QED) is 0.0497. The van der Waals surface area contributed by atoms with Crippen LogP contribution in [0.3, 0.4) is 0 Å². The van der Waals surface area contributed by atoms with E-state index in [2.05, 4.69) is 0 Å². The summed E-state index contributed by atoms with van der Waals surface area (Å²) in [6, 6.07) is 22.1. The van der Waals surface area contributed by atoms with E-state index in [1.54, 1.807) is 0 Å². The van der Waals surface area contributed by atoms with Crippen molar-refractivity contribution in [2.24, 2.45) is 0 Å². The van der Waals surface area contributed by atoms with E-state index in [9.17, 15) is 20.4 Å². The zero-order chi connectivity index (χ0) is 46.7. The molecule has 69 heavy (non-hydrogen) atoms. The van der Waals surface area contributed by atoms with Gasteiger partial charge in [-0.05, 0) is 35.0 Å². The molecule has 0 spiro atoms. The van der Waals surface area contributed by atoms with E-state index in [1.165, 1.54) is 0 Å². The van der Waals surface area contributed by atoms with Gasteiger partial charge < -0.3 is 88.2 Å². The molecule has 0 saturated heterocycles. The molecule has 5 heterocycles. The number of hydrogen-bond donors (Lipinski definition) is 4. The smallest absolute Gasteiger partial charge is 0.491 e. The van der Waals surface area contributed by atoms with Crippen molar-refractivity contribution in [3.05, 3.63) is 72.8 Å². The Morgan fingerprint density at radius 1 is 0.348 bits per heavy atom. The zero-order valence-corrected chi connectivity index (χ0v) is 40.5. The van der Waals surface area contributed by atoms with Gasteiger partial charge in [0.2, 0.25) is 0 Å². The van der Waals surface area contributed by atoms with Gasteiger partial charge in [-0.25, -0.2) is 9.97 Å². The van der Waals surface area contributed by atoms with Crippen LogP contribution in [-0.4, -0.2) is 156 Å². The Hall–Kier alpha value is -6.26. The first-order valence-electron chi connectivity index (χ1n) is 22.1. The third kappa shape index (κ3) is 11.0. The molecule has 4 N–H and O–H groups in total. The molecular weight excluding hydrogens is 946 g/mol. The van der Waals surface area contributed by atoms with E-state index < -0.39 is 0 Å². The Morgan fingerprint density at radius 3 is 1.06 bits per heavy atom. The molecule has 8 bridgehead atoms. The fourth-order valence-electron chi connectivity index (χ4n) is 7.71. The summed E-state index contributed by atoms with van der Waals surface area (Å²) in [6.45, 7) is 1.83. The molecule has 9 rings (SSSR count). The second-order valence-corrected chi connectivity index (χ2v) is 14.9. The van der Waals surface area contributed by atoms with E-state index >= 15 is 0 Å². The summed E-state index contributed by atoms with van der Waals surface area (Å²) < 4.78 is 47.1. The predicted molar refractivity (Wildman–Crippen MR) is 248 cm³/mol. The largest absolute Gasteiger partial charge is 2.00 e. The molecule has 0 aliphatic carbocycles. The van der Waals surface area contributed by atoms with Crippen molar-refractivity contribution in [3.8, 4) is 68.5 Å². The molecule has 0 atom stereocenters. The number of aromatic nitrogens is 8. The van der Waals surface area contributed by atoms with Gasteiger partial charge in [-0.15, -0.1) is 0 Å². The summed E-state index contributed by atoms with van der Waals surface area (Å²) in [7, 11) is 0. The van der Waals surface area contributed by atoms with Gasteiger partial charge in [-0.3, -0.25) is 0 Å². The zero-order valence-electron chi connectivity index (χ0n) is 37.6. The molecule has 0 unspecified atom stereocenters. The number of aliphatic hydroxyl groups excluding tert-OH is 4. The van der Waals surface area contributed by atoms with Crippen LogP contribution in [-0.2, 0) is 38.4 Å². The number of rotatable bonds is 24. The van der Waals surface area contributed by atoms with Crippen LogP contribution in [0.5, 0.6) is 23.0 Å². The molecular formula is C48H48N8O12Zn. The number of benzene rings is 4. The van der Waals surface area contributed by atoms with Crippen molar-refractivity contribution in [1.82, 2.24) is 39.9 Å². The Labute approximate surface area is 407 Å². The second-order valence-electron chi connectivity index (χ2n) is 14.9. The van der Waals surface area contributed by atoms with Crippen molar-refractivity contribution < 1.29 is 77.8 Å². The number of aliphatic hydroxyl groups is 4. The molecule has 7 aromatic rings. The standard InChI is InChI=1S/C48H48N8O12.Zn/c57-13-17-61-21-25-65-33-9-1-5-29-37(33)45-49-41(29)53-46-38-30(6-2-10-34(38)66-26-22-62-18-14-58)43(50-46)55-48-40-32(8-4-12-36(40)68-28-24-64-20-16-60)44(52-48)56-47-39-31(42(51-47)54-45)7-3-11-35(39)67-27-23-63-19-15-59;/h1-12,57-60H,13-28H2;/q-2;+2. The molecule has 3 aromatic heterocycles. The molecule has 0 saturated carbocycles. The minimum Gasteiger partial charge on any atom is -0.491 e. The molecule has 4 aromatic carbocycles. The number of nitrogens with zero attached hydrogens (tertiary/aromatic N) is 8. The van der Waals surface area contributed by atoms with E-state index in [0.29, 0.717) is 66.8 Å². The maximum absolute atomic E-state index is 9.25. The summed E-state index contributed by atoms with van der Waals surface area (Å²) in [5.41, 5.74) is 3.42. The van der Waals surface area contributed by atoms with E-state index in [-0.39, 0.29) is 171 Å². The molecule has 20 nitrogen and oxygen atoms in total.